The number of aromatic nitrogens is 1. The first-order chi connectivity index (χ1) is 6.74. The molecule has 0 saturated carbocycles. The van der Waals surface area contributed by atoms with Gasteiger partial charge in [-0.3, -0.25) is 4.98 Å². The molecule has 0 fully saturated rings. The molecule has 0 saturated heterocycles. The molecule has 0 radical (unpaired) electrons. The van der Waals surface area contributed by atoms with Crippen molar-refractivity contribution >= 4 is 33.5 Å². The molecule has 0 atom stereocenters. The molecule has 1 aromatic heterocycles. The van der Waals surface area contributed by atoms with Gasteiger partial charge in [-0.25, -0.2) is 0 Å². The summed E-state index contributed by atoms with van der Waals surface area (Å²) in [6, 6.07) is 5.93. The monoisotopic (exact) mass is 299 g/mol. The first kappa shape index (κ1) is 9.71. The predicted octanol–water partition coefficient (Wildman–Crippen LogP) is 3.11. The molecule has 1 heterocycles. The van der Waals surface area contributed by atoms with Crippen LogP contribution in [-0.4, -0.2) is 10.1 Å². The van der Waals surface area contributed by atoms with E-state index in [1.54, 1.807) is 6.20 Å². The van der Waals surface area contributed by atoms with Gasteiger partial charge < -0.3 is 5.11 Å². The number of fused-ring (bicyclic) bond motifs is 1. The van der Waals surface area contributed by atoms with Gasteiger partial charge in [0.25, 0.3) is 0 Å². The average Bonchev–Trinajstić information content (AvgIpc) is 2.23. The van der Waals surface area contributed by atoms with Crippen LogP contribution in [0.5, 0.6) is 5.75 Å². The fraction of sp³-hybridized carbons (Fsp3) is 0.182. The molecule has 0 aliphatic heterocycles. The van der Waals surface area contributed by atoms with Crippen LogP contribution in [0.25, 0.3) is 10.9 Å². The van der Waals surface area contributed by atoms with Gasteiger partial charge in [-0.1, -0.05) is 13.0 Å². The first-order valence-electron chi connectivity index (χ1n) is 4.49. The lowest BCUT2D eigenvalue weighted by molar-refractivity contribution is 0.476. The van der Waals surface area contributed by atoms with E-state index in [4.69, 9.17) is 0 Å². The second-order valence-electron chi connectivity index (χ2n) is 3.12. The Balaban J connectivity index is 2.86. The predicted molar refractivity (Wildman–Crippen MR) is 65.5 cm³/mol. The molecule has 0 amide bonds. The van der Waals surface area contributed by atoms with Crippen molar-refractivity contribution in [3.05, 3.63) is 33.5 Å². The van der Waals surface area contributed by atoms with Crippen molar-refractivity contribution in [2.75, 3.05) is 0 Å². The van der Waals surface area contributed by atoms with E-state index in [9.17, 15) is 5.11 Å². The van der Waals surface area contributed by atoms with E-state index < -0.39 is 0 Å². The number of pyridine rings is 1. The molecule has 1 aromatic carbocycles. The SMILES string of the molecule is CCc1ccnc2c(O)c(I)ccc12. The molecule has 72 valence electrons. The number of phenolic OH excluding ortho intramolecular Hbond substituents is 1. The highest BCUT2D eigenvalue weighted by molar-refractivity contribution is 14.1. The van der Waals surface area contributed by atoms with Crippen LogP contribution in [0.3, 0.4) is 0 Å². The minimum Gasteiger partial charge on any atom is -0.505 e. The van der Waals surface area contributed by atoms with E-state index in [1.165, 1.54) is 5.56 Å². The van der Waals surface area contributed by atoms with Crippen LogP contribution in [0.15, 0.2) is 24.4 Å². The Kier molecular flexibility index (Phi) is 2.58. The second kappa shape index (κ2) is 3.73. The van der Waals surface area contributed by atoms with Crippen LogP contribution in [0, 0.1) is 3.57 Å². The van der Waals surface area contributed by atoms with Crippen LogP contribution < -0.4 is 0 Å². The van der Waals surface area contributed by atoms with E-state index >= 15 is 0 Å². The van der Waals surface area contributed by atoms with E-state index in [1.807, 2.05) is 18.2 Å². The summed E-state index contributed by atoms with van der Waals surface area (Å²) in [7, 11) is 0. The molecule has 0 bridgehead atoms. The number of aromatic hydroxyl groups is 1. The quantitative estimate of drug-likeness (QED) is 0.821. The van der Waals surface area contributed by atoms with Crippen LogP contribution in [0.4, 0.5) is 0 Å². The molecule has 3 heteroatoms. The highest BCUT2D eigenvalue weighted by atomic mass is 127. The molecule has 2 nitrogen and oxygen atoms in total. The van der Waals surface area contributed by atoms with Gasteiger partial charge in [-0.15, -0.1) is 0 Å². The lowest BCUT2D eigenvalue weighted by Crippen LogP contribution is -1.88. The van der Waals surface area contributed by atoms with Crippen LogP contribution in [0.1, 0.15) is 12.5 Å². The minimum absolute atomic E-state index is 0.290. The maximum Gasteiger partial charge on any atom is 0.155 e. The van der Waals surface area contributed by atoms with Crippen LogP contribution in [0.2, 0.25) is 0 Å². The Hall–Kier alpha value is -0.840. The van der Waals surface area contributed by atoms with E-state index in [0.29, 0.717) is 11.3 Å². The van der Waals surface area contributed by atoms with Gasteiger partial charge in [-0.2, -0.15) is 0 Å². The molecule has 0 aliphatic rings. The van der Waals surface area contributed by atoms with Crippen molar-refractivity contribution in [1.82, 2.24) is 4.98 Å². The summed E-state index contributed by atoms with van der Waals surface area (Å²) >= 11 is 2.11. The maximum absolute atomic E-state index is 9.81. The largest absolute Gasteiger partial charge is 0.505 e. The van der Waals surface area contributed by atoms with Gasteiger partial charge in [-0.05, 0) is 46.7 Å². The average molecular weight is 299 g/mol. The number of rotatable bonds is 1. The molecular weight excluding hydrogens is 289 g/mol. The highest BCUT2D eigenvalue weighted by Crippen LogP contribution is 2.29. The Labute approximate surface area is 96.1 Å². The Bertz CT molecular complexity index is 482. The lowest BCUT2D eigenvalue weighted by atomic mass is 10.1. The number of aryl methyl sites for hydroxylation is 1. The van der Waals surface area contributed by atoms with Gasteiger partial charge in [0.05, 0.1) is 3.57 Å². The van der Waals surface area contributed by atoms with Crippen molar-refractivity contribution in [2.24, 2.45) is 0 Å². The molecular formula is C11H10INO. The summed E-state index contributed by atoms with van der Waals surface area (Å²) in [5, 5.41) is 10.9. The van der Waals surface area contributed by atoms with Crippen molar-refractivity contribution in [1.29, 1.82) is 0 Å². The molecule has 0 unspecified atom stereocenters. The summed E-state index contributed by atoms with van der Waals surface area (Å²) in [4.78, 5) is 4.20. The topological polar surface area (TPSA) is 33.1 Å². The van der Waals surface area contributed by atoms with Gasteiger partial charge in [0.2, 0.25) is 0 Å². The van der Waals surface area contributed by atoms with Crippen molar-refractivity contribution in [3.63, 3.8) is 0 Å². The summed E-state index contributed by atoms with van der Waals surface area (Å²) in [5.41, 5.74) is 1.93. The standard InChI is InChI=1S/C11H10INO/c1-2-7-5-6-13-10-8(7)3-4-9(12)11(10)14/h3-6,14H,2H2,1H3. The Morgan fingerprint density at radius 3 is 2.86 bits per heavy atom. The van der Waals surface area contributed by atoms with E-state index in [-0.39, 0.29) is 0 Å². The minimum atomic E-state index is 0.290. The van der Waals surface area contributed by atoms with Crippen molar-refractivity contribution in [3.8, 4) is 5.75 Å². The molecule has 14 heavy (non-hydrogen) atoms. The number of halogens is 1. The summed E-state index contributed by atoms with van der Waals surface area (Å²) < 4.78 is 0.843. The molecule has 0 aliphatic carbocycles. The van der Waals surface area contributed by atoms with Gasteiger partial charge in [0, 0.05) is 11.6 Å². The third kappa shape index (κ3) is 1.45. The fourth-order valence-electron chi connectivity index (χ4n) is 1.54. The lowest BCUT2D eigenvalue weighted by Gasteiger charge is -2.05. The number of phenols is 1. The Morgan fingerprint density at radius 1 is 1.36 bits per heavy atom. The first-order valence-corrected chi connectivity index (χ1v) is 5.57. The molecule has 2 rings (SSSR count). The van der Waals surface area contributed by atoms with Gasteiger partial charge in [0.15, 0.2) is 5.75 Å². The highest BCUT2D eigenvalue weighted by Gasteiger charge is 2.07. The molecule has 0 spiro atoms. The van der Waals surface area contributed by atoms with Gasteiger partial charge >= 0.3 is 0 Å². The summed E-state index contributed by atoms with van der Waals surface area (Å²) in [6.07, 6.45) is 2.70. The number of hydrogen-bond acceptors (Lipinski definition) is 2. The zero-order chi connectivity index (χ0) is 10.1. The molecule has 1 N–H and O–H groups in total. The number of nitrogens with zero attached hydrogens (tertiary/aromatic N) is 1. The van der Waals surface area contributed by atoms with E-state index in [2.05, 4.69) is 34.5 Å². The fourth-order valence-corrected chi connectivity index (χ4v) is 1.98. The second-order valence-corrected chi connectivity index (χ2v) is 4.28. The third-order valence-electron chi connectivity index (χ3n) is 2.31. The smallest absolute Gasteiger partial charge is 0.155 e. The number of hydrogen-bond donors (Lipinski definition) is 1. The van der Waals surface area contributed by atoms with Crippen LogP contribution >= 0.6 is 22.6 Å². The molecule has 2 aromatic rings. The zero-order valence-electron chi connectivity index (χ0n) is 7.79. The Morgan fingerprint density at radius 2 is 2.14 bits per heavy atom. The maximum atomic E-state index is 9.81. The zero-order valence-corrected chi connectivity index (χ0v) is 9.95. The van der Waals surface area contributed by atoms with E-state index in [0.717, 1.165) is 15.4 Å². The third-order valence-corrected chi connectivity index (χ3v) is 3.18. The number of benzene rings is 1. The van der Waals surface area contributed by atoms with Crippen molar-refractivity contribution < 1.29 is 5.11 Å². The van der Waals surface area contributed by atoms with Crippen molar-refractivity contribution in [2.45, 2.75) is 13.3 Å². The van der Waals surface area contributed by atoms with Crippen LogP contribution in [-0.2, 0) is 6.42 Å². The summed E-state index contributed by atoms with van der Waals surface area (Å²) in [5.74, 6) is 0.290. The summed E-state index contributed by atoms with van der Waals surface area (Å²) in [6.45, 7) is 2.10. The normalized spacial score (nSPS) is 10.7. The van der Waals surface area contributed by atoms with Gasteiger partial charge in [0.1, 0.15) is 5.52 Å².